The van der Waals surface area contributed by atoms with Gasteiger partial charge in [-0.2, -0.15) is 0 Å². The first-order valence-corrected chi connectivity index (χ1v) is 5.15. The fraction of sp³-hybridized carbons (Fsp3) is 0.545. The highest BCUT2D eigenvalue weighted by Crippen LogP contribution is 2.12. The first-order chi connectivity index (χ1) is 7.20. The Kier molecular flexibility index (Phi) is 4.37. The van der Waals surface area contributed by atoms with Crippen LogP contribution in [0.2, 0.25) is 0 Å². The highest BCUT2D eigenvalue weighted by atomic mass is 16.3. The summed E-state index contributed by atoms with van der Waals surface area (Å²) < 4.78 is 5.08. The van der Waals surface area contributed by atoms with E-state index in [1.807, 2.05) is 6.92 Å². The zero-order valence-electron chi connectivity index (χ0n) is 9.19. The minimum atomic E-state index is -0.0721. The van der Waals surface area contributed by atoms with Gasteiger partial charge in [-0.25, -0.2) is 0 Å². The largest absolute Gasteiger partial charge is 0.469 e. The van der Waals surface area contributed by atoms with E-state index in [2.05, 4.69) is 0 Å². The maximum atomic E-state index is 12.0. The molecule has 0 saturated carbocycles. The van der Waals surface area contributed by atoms with Gasteiger partial charge in [0.2, 0.25) is 0 Å². The Balaban J connectivity index is 2.76. The average Bonchev–Trinajstić information content (AvgIpc) is 2.63. The fourth-order valence-corrected chi connectivity index (χ4v) is 1.48. The van der Waals surface area contributed by atoms with Crippen molar-refractivity contribution in [3.05, 3.63) is 23.7 Å². The molecule has 15 heavy (non-hydrogen) atoms. The van der Waals surface area contributed by atoms with Crippen molar-refractivity contribution in [2.75, 3.05) is 19.7 Å². The molecule has 0 unspecified atom stereocenters. The first kappa shape index (κ1) is 11.8. The normalized spacial score (nSPS) is 10.3. The van der Waals surface area contributed by atoms with Gasteiger partial charge in [0.05, 0.1) is 18.4 Å². The number of hydrogen-bond donors (Lipinski definition) is 1. The van der Waals surface area contributed by atoms with E-state index in [-0.39, 0.29) is 12.5 Å². The van der Waals surface area contributed by atoms with E-state index < -0.39 is 0 Å². The Labute approximate surface area is 89.5 Å². The molecule has 1 aromatic heterocycles. The van der Waals surface area contributed by atoms with E-state index in [4.69, 9.17) is 9.52 Å². The predicted octanol–water partition coefficient (Wildman–Crippen LogP) is 1.43. The van der Waals surface area contributed by atoms with Gasteiger partial charge in [-0.05, 0) is 19.4 Å². The smallest absolute Gasteiger partial charge is 0.257 e. The van der Waals surface area contributed by atoms with Crippen molar-refractivity contribution in [3.8, 4) is 0 Å². The molecule has 0 aliphatic heterocycles. The van der Waals surface area contributed by atoms with Crippen molar-refractivity contribution in [1.82, 2.24) is 4.90 Å². The maximum absolute atomic E-state index is 12.0. The number of carbonyl (C=O) groups is 1. The number of aliphatic hydroxyl groups is 1. The lowest BCUT2D eigenvalue weighted by Crippen LogP contribution is -2.34. The molecule has 4 heteroatoms. The summed E-state index contributed by atoms with van der Waals surface area (Å²) in [5, 5.41) is 8.86. The van der Waals surface area contributed by atoms with Crippen molar-refractivity contribution in [1.29, 1.82) is 0 Å². The van der Waals surface area contributed by atoms with E-state index >= 15 is 0 Å². The molecule has 0 aromatic carbocycles. The maximum Gasteiger partial charge on any atom is 0.257 e. The Morgan fingerprint density at radius 2 is 2.27 bits per heavy atom. The summed E-state index contributed by atoms with van der Waals surface area (Å²) in [4.78, 5) is 13.6. The third kappa shape index (κ3) is 2.83. The van der Waals surface area contributed by atoms with Crippen molar-refractivity contribution in [2.24, 2.45) is 0 Å². The summed E-state index contributed by atoms with van der Waals surface area (Å²) in [5.74, 6) is 0.552. The predicted molar refractivity (Wildman–Crippen MR) is 56.7 cm³/mol. The quantitative estimate of drug-likeness (QED) is 0.801. The Bertz CT molecular complexity index is 313. The van der Waals surface area contributed by atoms with Crippen LogP contribution in [0, 0.1) is 6.92 Å². The fourth-order valence-electron chi connectivity index (χ4n) is 1.48. The number of amides is 1. The van der Waals surface area contributed by atoms with Crippen LogP contribution in [0.4, 0.5) is 0 Å². The zero-order chi connectivity index (χ0) is 11.3. The van der Waals surface area contributed by atoms with Crippen LogP contribution in [-0.2, 0) is 0 Å². The summed E-state index contributed by atoms with van der Waals surface area (Å²) in [5.41, 5.74) is 0.580. The van der Waals surface area contributed by atoms with Gasteiger partial charge in [0.15, 0.2) is 0 Å². The second-order valence-corrected chi connectivity index (χ2v) is 3.41. The molecule has 1 amide bonds. The lowest BCUT2D eigenvalue weighted by atomic mass is 10.2. The van der Waals surface area contributed by atoms with E-state index in [9.17, 15) is 4.79 Å². The molecule has 0 aliphatic rings. The second-order valence-electron chi connectivity index (χ2n) is 3.41. The van der Waals surface area contributed by atoms with Crippen LogP contribution >= 0.6 is 0 Å². The van der Waals surface area contributed by atoms with Gasteiger partial charge in [-0.1, -0.05) is 6.92 Å². The number of nitrogens with zero attached hydrogens (tertiary/aromatic N) is 1. The zero-order valence-corrected chi connectivity index (χ0v) is 9.19. The topological polar surface area (TPSA) is 53.7 Å². The van der Waals surface area contributed by atoms with Crippen LogP contribution < -0.4 is 0 Å². The number of rotatable bonds is 5. The Morgan fingerprint density at radius 3 is 2.73 bits per heavy atom. The summed E-state index contributed by atoms with van der Waals surface area (Å²) in [6.45, 7) is 4.78. The number of aryl methyl sites for hydroxylation is 1. The molecule has 0 bridgehead atoms. The van der Waals surface area contributed by atoms with Crippen LogP contribution in [0.5, 0.6) is 0 Å². The van der Waals surface area contributed by atoms with E-state index in [1.165, 1.54) is 6.26 Å². The minimum Gasteiger partial charge on any atom is -0.469 e. The third-order valence-electron chi connectivity index (χ3n) is 2.24. The molecule has 0 radical (unpaired) electrons. The summed E-state index contributed by atoms with van der Waals surface area (Å²) in [6.07, 6.45) is 2.38. The third-order valence-corrected chi connectivity index (χ3v) is 2.24. The van der Waals surface area contributed by atoms with Crippen molar-refractivity contribution in [2.45, 2.75) is 20.3 Å². The highest BCUT2D eigenvalue weighted by Gasteiger charge is 2.17. The molecule has 0 aliphatic carbocycles. The molecule has 0 saturated heterocycles. The van der Waals surface area contributed by atoms with Gasteiger partial charge in [0.25, 0.3) is 5.91 Å². The molecule has 4 nitrogen and oxygen atoms in total. The van der Waals surface area contributed by atoms with Gasteiger partial charge >= 0.3 is 0 Å². The monoisotopic (exact) mass is 211 g/mol. The summed E-state index contributed by atoms with van der Waals surface area (Å²) >= 11 is 0. The lowest BCUT2D eigenvalue weighted by Gasteiger charge is -2.20. The van der Waals surface area contributed by atoms with Gasteiger partial charge in [-0.3, -0.25) is 4.79 Å². The summed E-state index contributed by atoms with van der Waals surface area (Å²) in [6, 6.07) is 1.66. The molecule has 1 rings (SSSR count). The van der Waals surface area contributed by atoms with Crippen LogP contribution in [-0.4, -0.2) is 35.6 Å². The van der Waals surface area contributed by atoms with E-state index in [0.29, 0.717) is 24.4 Å². The van der Waals surface area contributed by atoms with Crippen molar-refractivity contribution < 1.29 is 14.3 Å². The standard InChI is InChI=1S/C11H17NO3/c1-3-5-12(6-7-13)11(14)10-4-8-15-9(10)2/h4,8,13H,3,5-7H2,1-2H3. The molecule has 0 spiro atoms. The number of aliphatic hydroxyl groups excluding tert-OH is 1. The van der Waals surface area contributed by atoms with Crippen molar-refractivity contribution in [3.63, 3.8) is 0 Å². The van der Waals surface area contributed by atoms with Crippen LogP contribution in [0.25, 0.3) is 0 Å². The average molecular weight is 211 g/mol. The Morgan fingerprint density at radius 1 is 1.53 bits per heavy atom. The molecular formula is C11H17NO3. The SMILES string of the molecule is CCCN(CCO)C(=O)c1ccoc1C. The molecule has 1 N–H and O–H groups in total. The summed E-state index contributed by atoms with van der Waals surface area (Å²) in [7, 11) is 0. The van der Waals surface area contributed by atoms with Crippen LogP contribution in [0.15, 0.2) is 16.7 Å². The van der Waals surface area contributed by atoms with Gasteiger partial charge < -0.3 is 14.4 Å². The lowest BCUT2D eigenvalue weighted by molar-refractivity contribution is 0.0720. The van der Waals surface area contributed by atoms with Crippen LogP contribution in [0.3, 0.4) is 0 Å². The highest BCUT2D eigenvalue weighted by molar-refractivity contribution is 5.95. The number of furan rings is 1. The van der Waals surface area contributed by atoms with Crippen LogP contribution in [0.1, 0.15) is 29.5 Å². The van der Waals surface area contributed by atoms with Gasteiger partial charge in [0, 0.05) is 13.1 Å². The Hall–Kier alpha value is -1.29. The molecular weight excluding hydrogens is 194 g/mol. The number of carbonyl (C=O) groups excluding carboxylic acids is 1. The molecule has 84 valence electrons. The van der Waals surface area contributed by atoms with Gasteiger partial charge in [0.1, 0.15) is 5.76 Å². The van der Waals surface area contributed by atoms with E-state index in [1.54, 1.807) is 17.9 Å². The molecule has 0 fully saturated rings. The van der Waals surface area contributed by atoms with Crippen molar-refractivity contribution >= 4 is 5.91 Å². The van der Waals surface area contributed by atoms with E-state index in [0.717, 1.165) is 6.42 Å². The van der Waals surface area contributed by atoms with Gasteiger partial charge in [-0.15, -0.1) is 0 Å². The number of hydrogen-bond acceptors (Lipinski definition) is 3. The first-order valence-electron chi connectivity index (χ1n) is 5.15. The molecule has 1 aromatic rings. The molecule has 1 heterocycles. The molecule has 0 atom stereocenters. The minimum absolute atomic E-state index is 0.0113. The second kappa shape index (κ2) is 5.56.